The molecule has 1 aromatic heterocycles. The van der Waals surface area contributed by atoms with Crippen molar-refractivity contribution in [3.05, 3.63) is 45.3 Å². The molecule has 3 N–H and O–H groups in total. The van der Waals surface area contributed by atoms with Crippen molar-refractivity contribution in [2.45, 2.75) is 51.7 Å². The van der Waals surface area contributed by atoms with E-state index in [-0.39, 0.29) is 42.4 Å². The SMILES string of the molecule is Cc1noc(C)c1NC(=O)N1CCN(C2CCC3NCN(CC(=O)NCc4ccc(Cl)c(Cl)c4)C(=O)C3C2)CC1. The van der Waals surface area contributed by atoms with Crippen molar-refractivity contribution in [1.29, 1.82) is 0 Å². The van der Waals surface area contributed by atoms with Crippen LogP contribution in [0.1, 0.15) is 36.3 Å². The number of aryl methyl sites for hydroxylation is 2. The van der Waals surface area contributed by atoms with Crippen molar-refractivity contribution in [3.63, 3.8) is 0 Å². The topological polar surface area (TPSA) is 123 Å². The molecule has 0 bridgehead atoms. The van der Waals surface area contributed by atoms with Gasteiger partial charge >= 0.3 is 6.03 Å². The number of halogens is 2. The molecule has 13 heteroatoms. The van der Waals surface area contributed by atoms with Gasteiger partial charge in [-0.3, -0.25) is 19.8 Å². The standard InChI is InChI=1S/C27H35Cl2N7O4/c1-16-25(17(2)40-33-16)32-27(39)35-9-7-34(8-10-35)19-4-6-23-20(12-19)26(38)36(15-31-23)14-24(37)30-13-18-3-5-21(28)22(29)11-18/h3,5,11,19-20,23,31H,4,6-10,12-15H2,1-2H3,(H,30,37)(H,32,39). The highest BCUT2D eigenvalue weighted by Gasteiger charge is 2.42. The Hall–Kier alpha value is -2.86. The minimum Gasteiger partial charge on any atom is -0.359 e. The van der Waals surface area contributed by atoms with Crippen molar-refractivity contribution < 1.29 is 18.9 Å². The zero-order valence-corrected chi connectivity index (χ0v) is 24.2. The lowest BCUT2D eigenvalue weighted by Gasteiger charge is -2.47. The largest absolute Gasteiger partial charge is 0.359 e. The van der Waals surface area contributed by atoms with E-state index >= 15 is 0 Å². The highest BCUT2D eigenvalue weighted by atomic mass is 35.5. The van der Waals surface area contributed by atoms with Gasteiger partial charge in [-0.2, -0.15) is 0 Å². The molecule has 2 saturated heterocycles. The summed E-state index contributed by atoms with van der Waals surface area (Å²) < 4.78 is 5.14. The van der Waals surface area contributed by atoms with Crippen molar-refractivity contribution in [2.24, 2.45) is 5.92 Å². The Morgan fingerprint density at radius 3 is 2.60 bits per heavy atom. The molecule has 3 heterocycles. The number of nitrogens with zero attached hydrogens (tertiary/aromatic N) is 4. The molecule has 1 aliphatic carbocycles. The fraction of sp³-hybridized carbons (Fsp3) is 0.556. The molecule has 4 amide bonds. The van der Waals surface area contributed by atoms with Gasteiger partial charge in [0, 0.05) is 44.8 Å². The van der Waals surface area contributed by atoms with E-state index in [0.29, 0.717) is 53.5 Å². The van der Waals surface area contributed by atoms with E-state index in [1.54, 1.807) is 41.8 Å². The molecule has 0 spiro atoms. The molecule has 3 atom stereocenters. The number of hydrogen-bond donors (Lipinski definition) is 3. The summed E-state index contributed by atoms with van der Waals surface area (Å²) in [4.78, 5) is 44.6. The predicted molar refractivity (Wildman–Crippen MR) is 151 cm³/mol. The zero-order chi connectivity index (χ0) is 28.4. The van der Waals surface area contributed by atoms with Crippen LogP contribution < -0.4 is 16.0 Å². The van der Waals surface area contributed by atoms with E-state index in [1.165, 1.54) is 0 Å². The smallest absolute Gasteiger partial charge is 0.322 e. The number of piperazine rings is 1. The molecule has 5 rings (SSSR count). The van der Waals surface area contributed by atoms with Crippen LogP contribution in [0.25, 0.3) is 0 Å². The molecule has 1 aromatic carbocycles. The summed E-state index contributed by atoms with van der Waals surface area (Å²) in [5.41, 5.74) is 2.12. The van der Waals surface area contributed by atoms with Crippen molar-refractivity contribution in [1.82, 2.24) is 30.5 Å². The number of anilines is 1. The summed E-state index contributed by atoms with van der Waals surface area (Å²) in [5, 5.41) is 14.0. The Morgan fingerprint density at radius 1 is 1.12 bits per heavy atom. The van der Waals surface area contributed by atoms with Crippen LogP contribution in [-0.2, 0) is 16.1 Å². The van der Waals surface area contributed by atoms with E-state index in [0.717, 1.165) is 37.9 Å². The minimum atomic E-state index is -0.224. The second kappa shape index (κ2) is 12.3. The molecule has 1 saturated carbocycles. The first kappa shape index (κ1) is 28.7. The van der Waals surface area contributed by atoms with Gasteiger partial charge in [-0.05, 0) is 50.8 Å². The van der Waals surface area contributed by atoms with E-state index in [1.807, 2.05) is 0 Å². The maximum absolute atomic E-state index is 13.4. The number of fused-ring (bicyclic) bond motifs is 1. The third-order valence-corrected chi connectivity index (χ3v) is 8.93. The summed E-state index contributed by atoms with van der Waals surface area (Å²) in [7, 11) is 0. The molecule has 2 aliphatic heterocycles. The van der Waals surface area contributed by atoms with Gasteiger partial charge < -0.3 is 25.0 Å². The number of carbonyl (C=O) groups is 3. The lowest BCUT2D eigenvalue weighted by Crippen LogP contribution is -2.62. The monoisotopic (exact) mass is 591 g/mol. The first-order chi connectivity index (χ1) is 19.2. The number of aromatic nitrogens is 1. The van der Waals surface area contributed by atoms with Crippen LogP contribution in [-0.4, -0.2) is 89.2 Å². The number of benzene rings is 1. The number of nitrogens with one attached hydrogen (secondary N) is 3. The first-order valence-corrected chi connectivity index (χ1v) is 14.4. The molecule has 40 heavy (non-hydrogen) atoms. The van der Waals surface area contributed by atoms with Gasteiger partial charge in [0.05, 0.1) is 22.6 Å². The second-order valence-corrected chi connectivity index (χ2v) is 11.6. The molecular weight excluding hydrogens is 557 g/mol. The van der Waals surface area contributed by atoms with E-state index in [2.05, 4.69) is 26.0 Å². The average Bonchev–Trinajstić information content (AvgIpc) is 3.27. The average molecular weight is 593 g/mol. The molecular formula is C27H35Cl2N7O4. The van der Waals surface area contributed by atoms with Crippen LogP contribution >= 0.6 is 23.2 Å². The number of urea groups is 1. The Kier molecular flexibility index (Phi) is 8.84. The van der Waals surface area contributed by atoms with E-state index < -0.39 is 0 Å². The molecule has 3 unspecified atom stereocenters. The first-order valence-electron chi connectivity index (χ1n) is 13.6. The van der Waals surface area contributed by atoms with Gasteiger partial charge in [-0.25, -0.2) is 4.79 Å². The quantitative estimate of drug-likeness (QED) is 0.472. The number of amides is 4. The maximum atomic E-state index is 13.4. The van der Waals surface area contributed by atoms with Gasteiger partial charge in [-0.1, -0.05) is 34.4 Å². The maximum Gasteiger partial charge on any atom is 0.322 e. The van der Waals surface area contributed by atoms with Gasteiger partial charge in [-0.15, -0.1) is 0 Å². The summed E-state index contributed by atoms with van der Waals surface area (Å²) in [6, 6.07) is 5.45. The third-order valence-electron chi connectivity index (χ3n) is 8.19. The Bertz CT molecular complexity index is 1240. The lowest BCUT2D eigenvalue weighted by atomic mass is 9.79. The number of hydrogen-bond acceptors (Lipinski definition) is 7. The van der Waals surface area contributed by atoms with Crippen LogP contribution in [0.5, 0.6) is 0 Å². The molecule has 3 fully saturated rings. The van der Waals surface area contributed by atoms with Gasteiger partial charge in [0.2, 0.25) is 11.8 Å². The molecule has 2 aromatic rings. The number of carbonyl (C=O) groups excluding carboxylic acids is 3. The second-order valence-electron chi connectivity index (χ2n) is 10.8. The van der Waals surface area contributed by atoms with Gasteiger partial charge in [0.15, 0.2) is 5.76 Å². The third kappa shape index (κ3) is 6.38. The Morgan fingerprint density at radius 2 is 1.90 bits per heavy atom. The van der Waals surface area contributed by atoms with Crippen molar-refractivity contribution >= 4 is 46.7 Å². The molecule has 216 valence electrons. The van der Waals surface area contributed by atoms with Gasteiger partial charge in [0.25, 0.3) is 0 Å². The van der Waals surface area contributed by atoms with Crippen LogP contribution in [0.2, 0.25) is 10.0 Å². The van der Waals surface area contributed by atoms with Crippen molar-refractivity contribution in [3.8, 4) is 0 Å². The summed E-state index contributed by atoms with van der Waals surface area (Å²) in [6.45, 7) is 6.96. The normalized spacial score (nSPS) is 23.6. The van der Waals surface area contributed by atoms with Crippen LogP contribution in [0.4, 0.5) is 10.5 Å². The molecule has 11 nitrogen and oxygen atoms in total. The minimum absolute atomic E-state index is 0.0000403. The fourth-order valence-corrected chi connectivity index (χ4v) is 6.21. The van der Waals surface area contributed by atoms with Gasteiger partial charge in [0.1, 0.15) is 17.9 Å². The summed E-state index contributed by atoms with van der Waals surface area (Å²) in [5.74, 6) is 0.217. The fourth-order valence-electron chi connectivity index (χ4n) is 5.89. The summed E-state index contributed by atoms with van der Waals surface area (Å²) >= 11 is 12.0. The predicted octanol–water partition coefficient (Wildman–Crippen LogP) is 2.99. The molecule has 3 aliphatic rings. The Labute approximate surface area is 243 Å². The van der Waals surface area contributed by atoms with E-state index in [4.69, 9.17) is 27.7 Å². The Balaban J connectivity index is 1.10. The highest BCUT2D eigenvalue weighted by molar-refractivity contribution is 6.42. The summed E-state index contributed by atoms with van der Waals surface area (Å²) in [6.07, 6.45) is 2.64. The van der Waals surface area contributed by atoms with Crippen LogP contribution in [0.15, 0.2) is 22.7 Å². The highest BCUT2D eigenvalue weighted by Crippen LogP contribution is 2.32. The zero-order valence-electron chi connectivity index (χ0n) is 22.7. The van der Waals surface area contributed by atoms with Crippen molar-refractivity contribution in [2.75, 3.05) is 44.7 Å². The lowest BCUT2D eigenvalue weighted by molar-refractivity contribution is -0.146. The van der Waals surface area contributed by atoms with Crippen LogP contribution in [0.3, 0.4) is 0 Å². The van der Waals surface area contributed by atoms with Crippen LogP contribution in [0, 0.1) is 19.8 Å². The van der Waals surface area contributed by atoms with E-state index in [9.17, 15) is 14.4 Å². The molecule has 0 radical (unpaired) electrons. The number of rotatable bonds is 6.